The zero-order valence-electron chi connectivity index (χ0n) is 35.4. The van der Waals surface area contributed by atoms with Gasteiger partial charge in [0.2, 0.25) is 0 Å². The minimum atomic E-state index is 0.839. The first-order chi connectivity index (χ1) is 32.3. The fourth-order valence-electron chi connectivity index (χ4n) is 11.0. The molecule has 0 atom stereocenters. The second-order valence-corrected chi connectivity index (χ2v) is 17.2. The Hall–Kier alpha value is -8.60. The van der Waals surface area contributed by atoms with Gasteiger partial charge in [-0.15, -0.1) is 0 Å². The van der Waals surface area contributed by atoms with Crippen molar-refractivity contribution in [2.45, 2.75) is 6.42 Å². The van der Waals surface area contributed by atoms with Crippen LogP contribution in [-0.4, -0.2) is 18.3 Å². The average Bonchev–Trinajstić information content (AvgIpc) is 4.05. The summed E-state index contributed by atoms with van der Waals surface area (Å²) in [6, 6.07) is 79.8. The standard InChI is InChI=1S/C61H40N4/c1-3-15-42(16-4-1)62-55-24-12-10-22-49(55)53-39-59-50(37-38-58(53)62)46-19-7-11-23-54(46)63(59)44-31-27-40(28-32-44)41-29-33-45(34-30-41)65-57-26-14-9-21-48(57)52-36-35-51-47-20-8-13-25-56(47)64(60(51)61(52)65)43-17-5-2-6-18-43/h1-36,38-39H,37H2. The van der Waals surface area contributed by atoms with Crippen molar-refractivity contribution in [3.63, 3.8) is 0 Å². The Morgan fingerprint density at radius 3 is 1.23 bits per heavy atom. The molecule has 4 heterocycles. The van der Waals surface area contributed by atoms with Gasteiger partial charge in [-0.05, 0) is 102 Å². The third-order valence-electron chi connectivity index (χ3n) is 13.8. The Morgan fingerprint density at radius 2 is 0.692 bits per heavy atom. The van der Waals surface area contributed by atoms with Gasteiger partial charge in [-0.2, -0.15) is 0 Å². The van der Waals surface area contributed by atoms with Gasteiger partial charge in [0.05, 0.1) is 44.1 Å². The van der Waals surface area contributed by atoms with Crippen LogP contribution in [0, 0.1) is 0 Å². The summed E-state index contributed by atoms with van der Waals surface area (Å²) < 4.78 is 9.80. The van der Waals surface area contributed by atoms with Crippen molar-refractivity contribution in [1.29, 1.82) is 0 Å². The van der Waals surface area contributed by atoms with Crippen LogP contribution >= 0.6 is 0 Å². The molecule has 4 aromatic heterocycles. The van der Waals surface area contributed by atoms with Crippen LogP contribution < -0.4 is 10.6 Å². The molecule has 0 aliphatic heterocycles. The molecule has 1 aliphatic carbocycles. The molecule has 14 rings (SSSR count). The molecule has 0 bridgehead atoms. The van der Waals surface area contributed by atoms with Crippen LogP contribution in [0.1, 0.15) is 11.3 Å². The SMILES string of the molecule is C1=c2c(n(-c3ccccc3)c3ccccc23)=CCc2c1n(-c1ccc(-c3ccc(-n4c5ccccc5c5ccc6c7ccccc7n(-c7ccccc7)c6c54)cc3)cc1)c1ccccc21. The number of fused-ring (bicyclic) bond motifs is 13. The molecule has 0 radical (unpaired) electrons. The highest BCUT2D eigenvalue weighted by atomic mass is 15.0. The van der Waals surface area contributed by atoms with E-state index in [1.54, 1.807) is 0 Å². The van der Waals surface area contributed by atoms with Gasteiger partial charge in [0.1, 0.15) is 0 Å². The van der Waals surface area contributed by atoms with E-state index >= 15 is 0 Å². The van der Waals surface area contributed by atoms with Gasteiger partial charge < -0.3 is 18.3 Å². The number of benzene rings is 9. The number of hydrogen-bond donors (Lipinski definition) is 0. The summed E-state index contributed by atoms with van der Waals surface area (Å²) in [6.45, 7) is 0. The molecule has 4 nitrogen and oxygen atoms in total. The van der Waals surface area contributed by atoms with Gasteiger partial charge in [-0.1, -0.05) is 152 Å². The van der Waals surface area contributed by atoms with Crippen LogP contribution in [0.15, 0.2) is 218 Å². The summed E-state index contributed by atoms with van der Waals surface area (Å²) in [6.07, 6.45) is 5.70. The van der Waals surface area contributed by atoms with Gasteiger partial charge in [0, 0.05) is 60.3 Å². The van der Waals surface area contributed by atoms with Gasteiger partial charge in [-0.25, -0.2) is 0 Å². The highest BCUT2D eigenvalue weighted by Crippen LogP contribution is 2.42. The lowest BCUT2D eigenvalue weighted by Crippen LogP contribution is -2.28. The van der Waals surface area contributed by atoms with Crippen molar-refractivity contribution in [3.05, 3.63) is 240 Å². The largest absolute Gasteiger partial charge is 0.310 e. The molecule has 0 unspecified atom stereocenters. The Morgan fingerprint density at radius 1 is 0.292 bits per heavy atom. The van der Waals surface area contributed by atoms with Crippen molar-refractivity contribution in [1.82, 2.24) is 18.3 Å². The molecule has 0 saturated carbocycles. The van der Waals surface area contributed by atoms with Gasteiger partial charge in [0.25, 0.3) is 0 Å². The van der Waals surface area contributed by atoms with E-state index in [1.165, 1.54) is 104 Å². The minimum absolute atomic E-state index is 0.839. The summed E-state index contributed by atoms with van der Waals surface area (Å²) in [5, 5.41) is 10.1. The maximum atomic E-state index is 2.47. The highest BCUT2D eigenvalue weighted by Gasteiger charge is 2.23. The molecule has 13 aromatic rings. The molecular weight excluding hydrogens is 789 g/mol. The van der Waals surface area contributed by atoms with Crippen molar-refractivity contribution < 1.29 is 0 Å². The fraction of sp³-hybridized carbons (Fsp3) is 0.0164. The Labute approximate surface area is 374 Å². The molecule has 0 amide bonds. The first-order valence-corrected chi connectivity index (χ1v) is 22.5. The van der Waals surface area contributed by atoms with E-state index < -0.39 is 0 Å². The summed E-state index contributed by atoms with van der Waals surface area (Å²) >= 11 is 0. The summed E-state index contributed by atoms with van der Waals surface area (Å²) in [7, 11) is 0. The van der Waals surface area contributed by atoms with E-state index in [0.717, 1.165) is 23.5 Å². The quantitative estimate of drug-likeness (QED) is 0.165. The van der Waals surface area contributed by atoms with Crippen LogP contribution in [0.25, 0.3) is 111 Å². The topological polar surface area (TPSA) is 19.7 Å². The molecule has 65 heavy (non-hydrogen) atoms. The predicted molar refractivity (Wildman–Crippen MR) is 272 cm³/mol. The smallest absolute Gasteiger partial charge is 0.0788 e. The Kier molecular flexibility index (Phi) is 7.71. The third kappa shape index (κ3) is 5.25. The lowest BCUT2D eigenvalue weighted by Gasteiger charge is -2.13. The van der Waals surface area contributed by atoms with Crippen molar-refractivity contribution >= 4 is 77.6 Å². The number of para-hydroxylation sites is 6. The van der Waals surface area contributed by atoms with Crippen LogP contribution in [-0.2, 0) is 6.42 Å². The molecule has 0 saturated heterocycles. The predicted octanol–water partition coefficient (Wildman–Crippen LogP) is 13.6. The third-order valence-corrected chi connectivity index (χ3v) is 13.8. The number of nitrogens with zero attached hydrogens (tertiary/aromatic N) is 4. The first kappa shape index (κ1) is 35.9. The number of hydrogen-bond acceptors (Lipinski definition) is 0. The van der Waals surface area contributed by atoms with E-state index in [1.807, 2.05) is 0 Å². The highest BCUT2D eigenvalue weighted by molar-refractivity contribution is 6.23. The summed E-state index contributed by atoms with van der Waals surface area (Å²) in [5.74, 6) is 0. The van der Waals surface area contributed by atoms with Crippen molar-refractivity contribution in [2.75, 3.05) is 0 Å². The maximum absolute atomic E-state index is 2.47. The van der Waals surface area contributed by atoms with E-state index in [2.05, 4.69) is 249 Å². The molecule has 1 aliphatic rings. The zero-order valence-corrected chi connectivity index (χ0v) is 35.4. The molecule has 0 N–H and O–H groups in total. The molecule has 304 valence electrons. The Bertz CT molecular complexity index is 4160. The second-order valence-electron chi connectivity index (χ2n) is 17.2. The first-order valence-electron chi connectivity index (χ1n) is 22.5. The number of rotatable bonds is 5. The minimum Gasteiger partial charge on any atom is -0.310 e. The van der Waals surface area contributed by atoms with Crippen LogP contribution in [0.3, 0.4) is 0 Å². The van der Waals surface area contributed by atoms with Crippen LogP contribution in [0.2, 0.25) is 0 Å². The molecule has 0 fully saturated rings. The molecule has 4 heteroatoms. The maximum Gasteiger partial charge on any atom is 0.0788 e. The van der Waals surface area contributed by atoms with Gasteiger partial charge >= 0.3 is 0 Å². The fourth-order valence-corrected chi connectivity index (χ4v) is 11.0. The van der Waals surface area contributed by atoms with Crippen molar-refractivity contribution in [3.8, 4) is 33.9 Å². The van der Waals surface area contributed by atoms with Gasteiger partial charge in [-0.3, -0.25) is 0 Å². The van der Waals surface area contributed by atoms with Gasteiger partial charge in [0.15, 0.2) is 0 Å². The molecule has 0 spiro atoms. The normalized spacial score (nSPS) is 12.5. The van der Waals surface area contributed by atoms with E-state index in [9.17, 15) is 0 Å². The van der Waals surface area contributed by atoms with Crippen LogP contribution in [0.5, 0.6) is 0 Å². The lowest BCUT2D eigenvalue weighted by atomic mass is 10.0. The Balaban J connectivity index is 0.902. The lowest BCUT2D eigenvalue weighted by molar-refractivity contribution is 1.06. The average molecular weight is 829 g/mol. The van der Waals surface area contributed by atoms with Crippen LogP contribution in [0.4, 0.5) is 0 Å². The zero-order chi connectivity index (χ0) is 42.6. The second kappa shape index (κ2) is 14.0. The number of aromatic nitrogens is 4. The summed E-state index contributed by atoms with van der Waals surface area (Å²) in [4.78, 5) is 0. The van der Waals surface area contributed by atoms with E-state index in [0.29, 0.717) is 0 Å². The van der Waals surface area contributed by atoms with E-state index in [4.69, 9.17) is 0 Å². The van der Waals surface area contributed by atoms with Crippen molar-refractivity contribution in [2.24, 2.45) is 0 Å². The monoisotopic (exact) mass is 828 g/mol. The van der Waals surface area contributed by atoms with E-state index in [-0.39, 0.29) is 0 Å². The molecule has 9 aromatic carbocycles. The molecular formula is C61H40N4. The summed E-state index contributed by atoms with van der Waals surface area (Å²) in [5.41, 5.74) is 16.8.